The van der Waals surface area contributed by atoms with Crippen molar-refractivity contribution in [2.24, 2.45) is 0 Å². The summed E-state index contributed by atoms with van der Waals surface area (Å²) in [5.41, 5.74) is 1.29. The molecular weight excluding hydrogens is 442 g/mol. The molecule has 180 valence electrons. The largest absolute Gasteiger partial charge is 0.446 e. The number of ether oxygens (including phenoxy) is 1. The van der Waals surface area contributed by atoms with Gasteiger partial charge in [0.25, 0.3) is 0 Å². The summed E-state index contributed by atoms with van der Waals surface area (Å²) in [6.07, 6.45) is 2.39. The number of alkyl carbamates (subject to hydrolysis) is 1. The van der Waals surface area contributed by atoms with Crippen LogP contribution in [0.1, 0.15) is 71.2 Å². The molecule has 0 unspecified atom stereocenters. The predicted octanol–water partition coefficient (Wildman–Crippen LogP) is 3.88. The van der Waals surface area contributed by atoms with E-state index in [1.165, 1.54) is 0 Å². The molecule has 2 aromatic rings. The first-order chi connectivity index (χ1) is 15.4. The second kappa shape index (κ2) is 8.62. The van der Waals surface area contributed by atoms with Crippen LogP contribution < -0.4 is 10.6 Å². The molecule has 0 aromatic carbocycles. The third-order valence-electron chi connectivity index (χ3n) is 5.98. The Hall–Kier alpha value is -2.62. The Bertz CT molecular complexity index is 1150. The van der Waals surface area contributed by atoms with Gasteiger partial charge in [-0.25, -0.2) is 22.9 Å². The van der Waals surface area contributed by atoms with Crippen LogP contribution in [-0.2, 0) is 26.5 Å². The molecule has 3 heterocycles. The Morgan fingerprint density at radius 3 is 2.70 bits per heavy atom. The quantitative estimate of drug-likeness (QED) is 0.674. The molecule has 1 amide bonds. The number of fused-ring (bicyclic) bond motifs is 1. The molecule has 4 rings (SSSR count). The van der Waals surface area contributed by atoms with E-state index < -0.39 is 9.84 Å². The molecule has 2 aliphatic rings. The second-order valence-electron chi connectivity index (χ2n) is 10.2. The monoisotopic (exact) mass is 475 g/mol. The lowest BCUT2D eigenvalue weighted by Crippen LogP contribution is -2.33. The molecule has 1 aliphatic heterocycles. The molecule has 0 saturated heterocycles. The van der Waals surface area contributed by atoms with Gasteiger partial charge in [-0.1, -0.05) is 0 Å². The summed E-state index contributed by atoms with van der Waals surface area (Å²) in [7, 11) is -3.20. The first-order valence-corrected chi connectivity index (χ1v) is 13.1. The first-order valence-electron chi connectivity index (χ1n) is 11.5. The van der Waals surface area contributed by atoms with Gasteiger partial charge in [0.15, 0.2) is 9.84 Å². The van der Waals surface area contributed by atoms with Crippen molar-refractivity contribution in [3.63, 3.8) is 0 Å². The van der Waals surface area contributed by atoms with Crippen molar-refractivity contribution in [2.75, 3.05) is 11.1 Å². The number of nitrogens with one attached hydrogen (secondary N) is 2. The van der Waals surface area contributed by atoms with Crippen molar-refractivity contribution in [2.45, 2.75) is 88.8 Å². The van der Waals surface area contributed by atoms with E-state index in [0.29, 0.717) is 22.8 Å². The summed E-state index contributed by atoms with van der Waals surface area (Å²) in [6, 6.07) is 5.40. The smallest absolute Gasteiger partial charge is 0.407 e. The zero-order valence-electron chi connectivity index (χ0n) is 19.9. The molecule has 33 heavy (non-hydrogen) atoms. The Morgan fingerprint density at radius 2 is 2.00 bits per heavy atom. The van der Waals surface area contributed by atoms with E-state index in [1.54, 1.807) is 12.1 Å². The number of pyridine rings is 1. The van der Waals surface area contributed by atoms with Gasteiger partial charge < -0.3 is 15.4 Å². The summed E-state index contributed by atoms with van der Waals surface area (Å²) in [4.78, 5) is 16.8. The average molecular weight is 476 g/mol. The van der Waals surface area contributed by atoms with E-state index in [-0.39, 0.29) is 35.4 Å². The van der Waals surface area contributed by atoms with Crippen LogP contribution in [0.25, 0.3) is 0 Å². The number of anilines is 2. The van der Waals surface area contributed by atoms with Gasteiger partial charge in [-0.15, -0.1) is 0 Å². The van der Waals surface area contributed by atoms with Crippen LogP contribution in [0.5, 0.6) is 0 Å². The highest BCUT2D eigenvalue weighted by molar-refractivity contribution is 7.91. The summed E-state index contributed by atoms with van der Waals surface area (Å²) in [6.45, 7) is 10.0. The molecule has 0 radical (unpaired) electrons. The maximum Gasteiger partial charge on any atom is 0.407 e. The van der Waals surface area contributed by atoms with Crippen LogP contribution in [0.2, 0.25) is 0 Å². The van der Waals surface area contributed by atoms with E-state index in [4.69, 9.17) is 9.84 Å². The molecule has 2 atom stereocenters. The van der Waals surface area contributed by atoms with Crippen LogP contribution in [-0.4, -0.2) is 47.2 Å². The fourth-order valence-electron chi connectivity index (χ4n) is 4.43. The first kappa shape index (κ1) is 23.5. The lowest BCUT2D eigenvalue weighted by atomic mass is 10.0. The minimum absolute atomic E-state index is 0.0405. The van der Waals surface area contributed by atoms with Crippen molar-refractivity contribution in [1.82, 2.24) is 20.1 Å². The number of rotatable bonds is 5. The number of hydrogen-bond acceptors (Lipinski definition) is 7. The summed E-state index contributed by atoms with van der Waals surface area (Å²) >= 11 is 0. The van der Waals surface area contributed by atoms with Crippen LogP contribution in [0.3, 0.4) is 0 Å². The maximum atomic E-state index is 12.1. The number of aryl methyl sites for hydroxylation is 1. The van der Waals surface area contributed by atoms with Crippen LogP contribution in [0, 0.1) is 0 Å². The van der Waals surface area contributed by atoms with Crippen molar-refractivity contribution in [3.8, 4) is 0 Å². The number of carbonyl (C=O) groups excluding carboxylic acids is 1. The van der Waals surface area contributed by atoms with E-state index in [2.05, 4.69) is 36.4 Å². The Balaban J connectivity index is 1.52. The molecule has 2 aromatic heterocycles. The van der Waals surface area contributed by atoms with Gasteiger partial charge >= 0.3 is 6.09 Å². The normalized spacial score (nSPS) is 21.8. The van der Waals surface area contributed by atoms with Gasteiger partial charge in [0.2, 0.25) is 0 Å². The van der Waals surface area contributed by atoms with Crippen molar-refractivity contribution in [1.29, 1.82) is 0 Å². The van der Waals surface area contributed by atoms with Crippen LogP contribution in [0.15, 0.2) is 23.1 Å². The lowest BCUT2D eigenvalue weighted by molar-refractivity contribution is 0.0981. The molecular formula is C23H33N5O4S. The highest BCUT2D eigenvalue weighted by Gasteiger charge is 2.32. The summed E-state index contributed by atoms with van der Waals surface area (Å²) < 4.78 is 31.7. The topological polar surface area (TPSA) is 115 Å². The highest BCUT2D eigenvalue weighted by Crippen LogP contribution is 2.38. The molecule has 9 nitrogen and oxygen atoms in total. The fourth-order valence-corrected chi connectivity index (χ4v) is 5.89. The third kappa shape index (κ3) is 5.15. The summed E-state index contributed by atoms with van der Waals surface area (Å²) in [5.74, 6) is 1.71. The predicted molar refractivity (Wildman–Crippen MR) is 126 cm³/mol. The molecule has 0 spiro atoms. The van der Waals surface area contributed by atoms with Gasteiger partial charge in [-0.3, -0.25) is 0 Å². The zero-order valence-corrected chi connectivity index (χ0v) is 20.7. The van der Waals surface area contributed by atoms with Gasteiger partial charge in [0, 0.05) is 24.4 Å². The van der Waals surface area contributed by atoms with Gasteiger partial charge in [-0.05, 0) is 66.0 Å². The Labute approximate surface area is 195 Å². The molecule has 0 bridgehead atoms. The average Bonchev–Trinajstić information content (AvgIpc) is 3.39. The van der Waals surface area contributed by atoms with Crippen molar-refractivity contribution >= 4 is 27.6 Å². The number of nitrogens with zero attached hydrogens (tertiary/aromatic N) is 3. The van der Waals surface area contributed by atoms with Crippen LogP contribution >= 0.6 is 0 Å². The number of amides is 1. The maximum absolute atomic E-state index is 12.1. The Morgan fingerprint density at radius 1 is 1.24 bits per heavy atom. The highest BCUT2D eigenvalue weighted by atomic mass is 32.2. The third-order valence-corrected chi connectivity index (χ3v) is 7.76. The SMILES string of the molecule is CC(C)NC(=O)O[C@@H]1CC[C@H](c2cc(Nc3ccc4c(n3)CCS4(=O)=O)n(C(C)(C)C)n2)C1. The summed E-state index contributed by atoms with van der Waals surface area (Å²) in [5, 5.41) is 11.0. The van der Waals surface area contributed by atoms with E-state index >= 15 is 0 Å². The van der Waals surface area contributed by atoms with Gasteiger partial charge in [-0.2, -0.15) is 5.10 Å². The molecule has 1 fully saturated rings. The molecule has 1 aliphatic carbocycles. The number of sulfone groups is 1. The van der Waals surface area contributed by atoms with E-state index in [9.17, 15) is 13.2 Å². The second-order valence-corrected chi connectivity index (χ2v) is 12.3. The lowest BCUT2D eigenvalue weighted by Gasteiger charge is -2.22. The number of aromatic nitrogens is 3. The molecule has 2 N–H and O–H groups in total. The number of hydrogen-bond donors (Lipinski definition) is 2. The van der Waals surface area contributed by atoms with Gasteiger partial charge in [0.1, 0.15) is 17.7 Å². The van der Waals surface area contributed by atoms with Crippen molar-refractivity contribution < 1.29 is 17.9 Å². The molecule has 10 heteroatoms. The number of carbonyl (C=O) groups is 1. The van der Waals surface area contributed by atoms with Crippen LogP contribution in [0.4, 0.5) is 16.4 Å². The van der Waals surface area contributed by atoms with Gasteiger partial charge in [0.05, 0.1) is 27.6 Å². The van der Waals surface area contributed by atoms with E-state index in [1.807, 2.05) is 24.6 Å². The Kier molecular flexibility index (Phi) is 6.15. The fraction of sp³-hybridized carbons (Fsp3) is 0.609. The minimum Gasteiger partial charge on any atom is -0.446 e. The molecule has 1 saturated carbocycles. The van der Waals surface area contributed by atoms with E-state index in [0.717, 1.165) is 30.8 Å². The zero-order chi connectivity index (χ0) is 24.0. The minimum atomic E-state index is -3.20. The standard InChI is InChI=1S/C23H33N5O4S/c1-14(2)24-22(29)32-16-7-6-15(12-16)18-13-21(28(27-18)23(3,4)5)26-20-9-8-19-17(25-20)10-11-33(19,30)31/h8-9,13-16H,6-7,10-12H2,1-5H3,(H,24,29)(H,25,26)/t15-,16+/m0/s1. The van der Waals surface area contributed by atoms with Crippen molar-refractivity contribution in [3.05, 3.63) is 29.6 Å².